The van der Waals surface area contributed by atoms with Crippen LogP contribution in [0.25, 0.3) is 0 Å². The highest BCUT2D eigenvalue weighted by atomic mass is 19.1. The minimum Gasteiger partial charge on any atom is -0.369 e. The van der Waals surface area contributed by atoms with Crippen LogP contribution in [-0.2, 0) is 6.42 Å². The monoisotopic (exact) mass is 232 g/mol. The molecule has 1 aromatic rings. The molecule has 0 unspecified atom stereocenters. The van der Waals surface area contributed by atoms with Crippen molar-refractivity contribution in [3.05, 3.63) is 29.6 Å². The Kier molecular flexibility index (Phi) is 3.63. The summed E-state index contributed by atoms with van der Waals surface area (Å²) in [6.45, 7) is 3.58. The number of benzene rings is 1. The minimum absolute atomic E-state index is 0.139. The van der Waals surface area contributed by atoms with Gasteiger partial charge in [0.2, 0.25) is 0 Å². The Morgan fingerprint density at radius 2 is 2.12 bits per heavy atom. The molecular weight excluding hydrogens is 215 g/mol. The highest BCUT2D eigenvalue weighted by Crippen LogP contribution is 2.26. The molecular formula is C14H17FN2. The molecule has 2 rings (SSSR count). The Hall–Kier alpha value is -1.56. The molecule has 0 saturated carbocycles. The standard InChI is InChI=1S/C14H17FN2/c1-2-11-3-4-14(13(15)9-11)17-7-5-12(10-16)6-8-17/h3-4,9,12H,2,5-8H2,1H3. The van der Waals surface area contributed by atoms with Crippen LogP contribution in [0.3, 0.4) is 0 Å². The van der Waals surface area contributed by atoms with E-state index in [1.165, 1.54) is 0 Å². The number of rotatable bonds is 2. The van der Waals surface area contributed by atoms with Gasteiger partial charge in [-0.2, -0.15) is 5.26 Å². The van der Waals surface area contributed by atoms with Gasteiger partial charge in [0.05, 0.1) is 11.8 Å². The molecule has 0 spiro atoms. The molecule has 2 nitrogen and oxygen atoms in total. The third kappa shape index (κ3) is 2.58. The van der Waals surface area contributed by atoms with Crippen molar-refractivity contribution in [3.8, 4) is 6.07 Å². The summed E-state index contributed by atoms with van der Waals surface area (Å²) in [4.78, 5) is 2.04. The van der Waals surface area contributed by atoms with Gasteiger partial charge in [0.1, 0.15) is 5.82 Å². The fraction of sp³-hybridized carbons (Fsp3) is 0.500. The molecule has 90 valence electrons. The smallest absolute Gasteiger partial charge is 0.146 e. The van der Waals surface area contributed by atoms with Crippen LogP contribution in [0.1, 0.15) is 25.3 Å². The highest BCUT2D eigenvalue weighted by Gasteiger charge is 2.20. The van der Waals surface area contributed by atoms with Gasteiger partial charge in [0.25, 0.3) is 0 Å². The van der Waals surface area contributed by atoms with Crippen molar-refractivity contribution in [2.45, 2.75) is 26.2 Å². The van der Waals surface area contributed by atoms with Gasteiger partial charge in [0, 0.05) is 19.0 Å². The SMILES string of the molecule is CCc1ccc(N2CCC(C#N)CC2)c(F)c1. The second kappa shape index (κ2) is 5.18. The molecule has 3 heteroatoms. The van der Waals surface area contributed by atoms with E-state index in [0.29, 0.717) is 5.69 Å². The fourth-order valence-electron chi connectivity index (χ4n) is 2.28. The van der Waals surface area contributed by atoms with Gasteiger partial charge in [0.15, 0.2) is 0 Å². The third-order valence-corrected chi connectivity index (χ3v) is 3.44. The van der Waals surface area contributed by atoms with Crippen LogP contribution in [0.5, 0.6) is 0 Å². The minimum atomic E-state index is -0.139. The van der Waals surface area contributed by atoms with Crippen molar-refractivity contribution in [3.63, 3.8) is 0 Å². The van der Waals surface area contributed by atoms with E-state index in [2.05, 4.69) is 6.07 Å². The molecule has 0 N–H and O–H groups in total. The molecule has 1 aromatic carbocycles. The number of hydrogen-bond donors (Lipinski definition) is 0. The second-order valence-corrected chi connectivity index (χ2v) is 4.53. The number of anilines is 1. The van der Waals surface area contributed by atoms with Gasteiger partial charge in [-0.15, -0.1) is 0 Å². The molecule has 0 aliphatic carbocycles. The molecule has 17 heavy (non-hydrogen) atoms. The van der Waals surface area contributed by atoms with Crippen molar-refractivity contribution in [1.82, 2.24) is 0 Å². The van der Waals surface area contributed by atoms with Gasteiger partial charge >= 0.3 is 0 Å². The summed E-state index contributed by atoms with van der Waals surface area (Å²) >= 11 is 0. The molecule has 0 radical (unpaired) electrons. The summed E-state index contributed by atoms with van der Waals surface area (Å²) < 4.78 is 13.9. The lowest BCUT2D eigenvalue weighted by atomic mass is 9.98. The Morgan fingerprint density at radius 1 is 1.41 bits per heavy atom. The van der Waals surface area contributed by atoms with Crippen LogP contribution in [0.2, 0.25) is 0 Å². The highest BCUT2D eigenvalue weighted by molar-refractivity contribution is 5.49. The van der Waals surface area contributed by atoms with Crippen molar-refractivity contribution in [2.75, 3.05) is 18.0 Å². The lowest BCUT2D eigenvalue weighted by Crippen LogP contribution is -2.33. The van der Waals surface area contributed by atoms with Crippen LogP contribution in [0.15, 0.2) is 18.2 Å². The molecule has 1 saturated heterocycles. The first-order chi connectivity index (χ1) is 8.24. The van der Waals surface area contributed by atoms with Gasteiger partial charge < -0.3 is 4.90 Å². The van der Waals surface area contributed by atoms with Crippen LogP contribution < -0.4 is 4.90 Å². The lowest BCUT2D eigenvalue weighted by Gasteiger charge is -2.31. The molecule has 1 heterocycles. The molecule has 0 aromatic heterocycles. The van der Waals surface area contributed by atoms with Crippen molar-refractivity contribution in [1.29, 1.82) is 5.26 Å². The van der Waals surface area contributed by atoms with Gasteiger partial charge in [-0.1, -0.05) is 13.0 Å². The van der Waals surface area contributed by atoms with Crippen molar-refractivity contribution in [2.24, 2.45) is 5.92 Å². The maximum Gasteiger partial charge on any atom is 0.146 e. The molecule has 0 bridgehead atoms. The molecule has 1 fully saturated rings. The van der Waals surface area contributed by atoms with Crippen molar-refractivity contribution < 1.29 is 4.39 Å². The normalized spacial score (nSPS) is 16.9. The Balaban J connectivity index is 2.11. The van der Waals surface area contributed by atoms with Crippen LogP contribution in [0, 0.1) is 23.1 Å². The molecule has 0 atom stereocenters. The molecule has 1 aliphatic rings. The number of aryl methyl sites for hydroxylation is 1. The topological polar surface area (TPSA) is 27.0 Å². The van der Waals surface area contributed by atoms with E-state index >= 15 is 0 Å². The van der Waals surface area contributed by atoms with E-state index in [-0.39, 0.29) is 11.7 Å². The number of nitrogens with zero attached hydrogens (tertiary/aromatic N) is 2. The van der Waals surface area contributed by atoms with E-state index < -0.39 is 0 Å². The van der Waals surface area contributed by atoms with Crippen LogP contribution in [-0.4, -0.2) is 13.1 Å². The maximum absolute atomic E-state index is 13.9. The van der Waals surface area contributed by atoms with Gasteiger partial charge in [-0.25, -0.2) is 4.39 Å². The third-order valence-electron chi connectivity index (χ3n) is 3.44. The summed E-state index contributed by atoms with van der Waals surface area (Å²) in [7, 11) is 0. The first kappa shape index (κ1) is 11.9. The van der Waals surface area contributed by atoms with E-state index in [4.69, 9.17) is 5.26 Å². The number of nitriles is 1. The summed E-state index contributed by atoms with van der Waals surface area (Å²) in [6.07, 6.45) is 2.53. The predicted octanol–water partition coefficient (Wildman–Crippen LogP) is 3.13. The molecule has 0 amide bonds. The average Bonchev–Trinajstić information content (AvgIpc) is 2.39. The van der Waals surface area contributed by atoms with E-state index in [1.54, 1.807) is 6.07 Å². The zero-order valence-electron chi connectivity index (χ0n) is 10.1. The zero-order valence-corrected chi connectivity index (χ0v) is 10.1. The second-order valence-electron chi connectivity index (χ2n) is 4.53. The Labute approximate surface area is 102 Å². The van der Waals surface area contributed by atoms with Crippen molar-refractivity contribution >= 4 is 5.69 Å². The number of hydrogen-bond acceptors (Lipinski definition) is 2. The lowest BCUT2D eigenvalue weighted by molar-refractivity contribution is 0.481. The summed E-state index contributed by atoms with van der Waals surface area (Å²) in [5.74, 6) is 0.00369. The molecule has 1 aliphatic heterocycles. The van der Waals surface area contributed by atoms with E-state index in [0.717, 1.165) is 37.9 Å². The van der Waals surface area contributed by atoms with Gasteiger partial charge in [-0.3, -0.25) is 0 Å². The summed E-state index contributed by atoms with van der Waals surface area (Å²) in [5, 5.41) is 8.83. The Morgan fingerprint density at radius 3 is 2.65 bits per heavy atom. The fourth-order valence-corrected chi connectivity index (χ4v) is 2.28. The number of halogens is 1. The summed E-state index contributed by atoms with van der Waals surface area (Å²) in [5.41, 5.74) is 1.71. The maximum atomic E-state index is 13.9. The van der Waals surface area contributed by atoms with Crippen LogP contribution in [0.4, 0.5) is 10.1 Å². The average molecular weight is 232 g/mol. The van der Waals surface area contributed by atoms with Crippen LogP contribution >= 0.6 is 0 Å². The number of piperidine rings is 1. The summed E-state index contributed by atoms with van der Waals surface area (Å²) in [6, 6.07) is 7.75. The quantitative estimate of drug-likeness (QED) is 0.783. The first-order valence-corrected chi connectivity index (χ1v) is 6.17. The predicted molar refractivity (Wildman–Crippen MR) is 66.3 cm³/mol. The van der Waals surface area contributed by atoms with E-state index in [9.17, 15) is 4.39 Å². The van der Waals surface area contributed by atoms with E-state index in [1.807, 2.05) is 24.0 Å². The van der Waals surface area contributed by atoms with Gasteiger partial charge in [-0.05, 0) is 37.0 Å². The first-order valence-electron chi connectivity index (χ1n) is 6.17. The zero-order chi connectivity index (χ0) is 12.3. The Bertz CT molecular complexity index is 428. The largest absolute Gasteiger partial charge is 0.369 e.